The Labute approximate surface area is 137 Å². The van der Waals surface area contributed by atoms with Crippen LogP contribution in [-0.4, -0.2) is 4.98 Å². The molecule has 0 spiro atoms. The zero-order valence-corrected chi connectivity index (χ0v) is 13.0. The van der Waals surface area contributed by atoms with Gasteiger partial charge in [0.2, 0.25) is 0 Å². The van der Waals surface area contributed by atoms with Gasteiger partial charge in [0.15, 0.2) is 0 Å². The fourth-order valence-corrected chi connectivity index (χ4v) is 2.32. The molecule has 0 fully saturated rings. The van der Waals surface area contributed by atoms with Gasteiger partial charge in [0.05, 0.1) is 27.3 Å². The van der Waals surface area contributed by atoms with Gasteiger partial charge in [0, 0.05) is 4.90 Å². The van der Waals surface area contributed by atoms with Gasteiger partial charge in [-0.25, -0.2) is 4.98 Å². The first-order valence-corrected chi connectivity index (χ1v) is 5.36. The van der Waals surface area contributed by atoms with Gasteiger partial charge in [-0.2, -0.15) is 4.33 Å². The van der Waals surface area contributed by atoms with Crippen molar-refractivity contribution in [1.29, 1.82) is 0 Å². The van der Waals surface area contributed by atoms with Crippen molar-refractivity contribution in [3.63, 3.8) is 0 Å². The number of aryl methyl sites for hydroxylation is 1. The van der Waals surface area contributed by atoms with Gasteiger partial charge in [0.25, 0.3) is 0 Å². The average molecular weight is 267 g/mol. The molecule has 0 bridgehead atoms. The van der Waals surface area contributed by atoms with Gasteiger partial charge >= 0.3 is 51.4 Å². The standard InChI is InChI=1S/C8H7NO3S2.K/c1-5-9-7-4-6(14-12-11-10)2-3-8(7)13-5;/h2-4,10H,1H3;/q;+1/p-1. The number of fused-ring (bicyclic) bond motifs is 1. The van der Waals surface area contributed by atoms with E-state index in [-0.39, 0.29) is 51.4 Å². The molecule has 74 valence electrons. The fraction of sp³-hybridized carbons (Fsp3) is 0.125. The van der Waals surface area contributed by atoms with E-state index in [0.29, 0.717) is 0 Å². The monoisotopic (exact) mass is 267 g/mol. The second kappa shape index (κ2) is 6.65. The van der Waals surface area contributed by atoms with E-state index in [9.17, 15) is 5.26 Å². The van der Waals surface area contributed by atoms with Gasteiger partial charge in [-0.3, -0.25) is 5.04 Å². The number of aromatic nitrogens is 1. The number of benzene rings is 1. The Bertz CT molecular complexity index is 448. The summed E-state index contributed by atoms with van der Waals surface area (Å²) in [6, 6.07) is 5.64. The minimum absolute atomic E-state index is 0. The zero-order chi connectivity index (χ0) is 9.97. The molecular weight excluding hydrogens is 261 g/mol. The van der Waals surface area contributed by atoms with Gasteiger partial charge < -0.3 is 5.26 Å². The first-order valence-electron chi connectivity index (χ1n) is 3.80. The van der Waals surface area contributed by atoms with Crippen molar-refractivity contribution in [2.24, 2.45) is 0 Å². The van der Waals surface area contributed by atoms with Crippen molar-refractivity contribution in [2.45, 2.75) is 11.8 Å². The Morgan fingerprint density at radius 2 is 2.27 bits per heavy atom. The molecule has 0 amide bonds. The van der Waals surface area contributed by atoms with Crippen LogP contribution in [0.1, 0.15) is 5.01 Å². The summed E-state index contributed by atoms with van der Waals surface area (Å²) in [7, 11) is 0. The normalized spacial score (nSPS) is 10.3. The molecule has 0 N–H and O–H groups in total. The third-order valence-corrected chi connectivity index (χ3v) is 3.15. The van der Waals surface area contributed by atoms with Crippen molar-refractivity contribution in [1.82, 2.24) is 4.98 Å². The summed E-state index contributed by atoms with van der Waals surface area (Å²) in [5.74, 6) is 0. The molecule has 0 atom stereocenters. The van der Waals surface area contributed by atoms with Crippen molar-refractivity contribution >= 4 is 33.6 Å². The Morgan fingerprint density at radius 3 is 3.00 bits per heavy atom. The molecule has 0 aliphatic rings. The summed E-state index contributed by atoms with van der Waals surface area (Å²) in [4.78, 5) is 5.10. The molecule has 0 saturated heterocycles. The minimum Gasteiger partial charge on any atom is -0.691 e. The topological polar surface area (TPSA) is 54.4 Å². The van der Waals surface area contributed by atoms with Crippen LogP contribution >= 0.6 is 23.4 Å². The van der Waals surface area contributed by atoms with Crippen molar-refractivity contribution in [3.05, 3.63) is 23.2 Å². The molecule has 15 heavy (non-hydrogen) atoms. The van der Waals surface area contributed by atoms with Crippen LogP contribution in [0.5, 0.6) is 0 Å². The van der Waals surface area contributed by atoms with E-state index < -0.39 is 0 Å². The molecule has 7 heteroatoms. The Balaban J connectivity index is 0.00000112. The van der Waals surface area contributed by atoms with Crippen molar-refractivity contribution in [3.8, 4) is 0 Å². The van der Waals surface area contributed by atoms with E-state index in [0.717, 1.165) is 32.2 Å². The Morgan fingerprint density at radius 1 is 1.47 bits per heavy atom. The summed E-state index contributed by atoms with van der Waals surface area (Å²) < 4.78 is 5.33. The molecule has 2 aromatic rings. The molecule has 0 aliphatic heterocycles. The number of nitrogens with zero attached hydrogens (tertiary/aromatic N) is 1. The summed E-state index contributed by atoms with van der Waals surface area (Å²) >= 11 is 2.50. The second-order valence-electron chi connectivity index (χ2n) is 2.58. The predicted octanol–water partition coefficient (Wildman–Crippen LogP) is -1.16. The summed E-state index contributed by atoms with van der Waals surface area (Å²) in [5, 5.41) is 13.9. The van der Waals surface area contributed by atoms with Crippen molar-refractivity contribution in [2.75, 3.05) is 0 Å². The smallest absolute Gasteiger partial charge is 0.691 e. The summed E-state index contributed by atoms with van der Waals surface area (Å²) in [6.45, 7) is 1.95. The SMILES string of the molecule is Cc1nc2cc(SOO[O-])ccc2s1.[K+]. The van der Waals surface area contributed by atoms with E-state index >= 15 is 0 Å². The van der Waals surface area contributed by atoms with Crippen LogP contribution in [0.3, 0.4) is 0 Å². The van der Waals surface area contributed by atoms with E-state index in [1.807, 2.05) is 25.1 Å². The van der Waals surface area contributed by atoms with Gasteiger partial charge in [-0.15, -0.1) is 11.3 Å². The maximum absolute atomic E-state index is 9.61. The molecule has 4 nitrogen and oxygen atoms in total. The van der Waals surface area contributed by atoms with E-state index in [2.05, 4.69) is 14.4 Å². The largest absolute Gasteiger partial charge is 1.00 e. The predicted molar refractivity (Wildman–Crippen MR) is 52.4 cm³/mol. The molecule has 0 saturated carbocycles. The second-order valence-corrected chi connectivity index (χ2v) is 4.59. The minimum atomic E-state index is 0. The third kappa shape index (κ3) is 3.74. The molecule has 0 aliphatic carbocycles. The number of hydrogen-bond donors (Lipinski definition) is 0. The van der Waals surface area contributed by atoms with Crippen LogP contribution in [-0.2, 0) is 9.37 Å². The summed E-state index contributed by atoms with van der Waals surface area (Å²) in [5.41, 5.74) is 0.909. The first kappa shape index (κ1) is 14.0. The van der Waals surface area contributed by atoms with Gasteiger partial charge in [-0.05, 0) is 25.1 Å². The van der Waals surface area contributed by atoms with Gasteiger partial charge in [0.1, 0.15) is 0 Å². The van der Waals surface area contributed by atoms with Crippen LogP contribution in [0, 0.1) is 6.92 Å². The van der Waals surface area contributed by atoms with Crippen LogP contribution in [0.2, 0.25) is 0 Å². The maximum atomic E-state index is 9.61. The van der Waals surface area contributed by atoms with Crippen LogP contribution < -0.4 is 56.6 Å². The van der Waals surface area contributed by atoms with E-state index in [1.54, 1.807) is 11.3 Å². The molecule has 1 aromatic heterocycles. The molecule has 0 unspecified atom stereocenters. The number of hydrogen-bond acceptors (Lipinski definition) is 6. The van der Waals surface area contributed by atoms with Crippen molar-refractivity contribution < 1.29 is 66.0 Å². The Hall–Kier alpha value is 0.976. The third-order valence-electron chi connectivity index (χ3n) is 1.62. The fourth-order valence-electron chi connectivity index (χ4n) is 1.13. The van der Waals surface area contributed by atoms with E-state index in [1.165, 1.54) is 0 Å². The molecule has 0 radical (unpaired) electrons. The number of thiazole rings is 1. The number of rotatable bonds is 3. The quantitative estimate of drug-likeness (QED) is 0.304. The van der Waals surface area contributed by atoms with Gasteiger partial charge in [-0.1, -0.05) is 0 Å². The maximum Gasteiger partial charge on any atom is 1.00 e. The summed E-state index contributed by atoms with van der Waals surface area (Å²) in [6.07, 6.45) is 0. The Kier molecular flexibility index (Phi) is 6.22. The van der Waals surface area contributed by atoms with Crippen LogP contribution in [0.25, 0.3) is 10.2 Å². The van der Waals surface area contributed by atoms with Crippen LogP contribution in [0.15, 0.2) is 23.1 Å². The average Bonchev–Trinajstić information content (AvgIpc) is 2.54. The molecule has 1 aromatic carbocycles. The molecule has 1 heterocycles. The molecular formula is C8H6KNO3S2. The molecule has 2 rings (SSSR count). The van der Waals surface area contributed by atoms with Crippen LogP contribution in [0.4, 0.5) is 0 Å². The first-order chi connectivity index (χ1) is 6.79. The zero-order valence-electron chi connectivity index (χ0n) is 8.22. The van der Waals surface area contributed by atoms with E-state index in [4.69, 9.17) is 0 Å².